The van der Waals surface area contributed by atoms with E-state index >= 15 is 0 Å². The molecule has 1 heterocycles. The fourth-order valence-electron chi connectivity index (χ4n) is 1.88. The van der Waals surface area contributed by atoms with E-state index in [2.05, 4.69) is 5.32 Å². The molecular weight excluding hydrogens is 332 g/mol. The van der Waals surface area contributed by atoms with Crippen LogP contribution in [-0.2, 0) is 6.54 Å². The lowest BCUT2D eigenvalue weighted by Gasteiger charge is -2.26. The summed E-state index contributed by atoms with van der Waals surface area (Å²) in [6.07, 6.45) is -3.07. The molecule has 0 aliphatic rings. The van der Waals surface area contributed by atoms with Gasteiger partial charge in [-0.1, -0.05) is 6.07 Å². The lowest BCUT2D eigenvalue weighted by Crippen LogP contribution is -2.40. The number of nitrogens with zero attached hydrogens (tertiary/aromatic N) is 1. The maximum atomic E-state index is 13.5. The molecule has 0 atom stereocenters. The Hall–Kier alpha value is -2.09. The highest BCUT2D eigenvalue weighted by molar-refractivity contribution is 7.80. The summed E-state index contributed by atoms with van der Waals surface area (Å²) in [6, 6.07) is 7.37. The number of halogens is 4. The van der Waals surface area contributed by atoms with Crippen LogP contribution in [0.25, 0.3) is 0 Å². The number of aryl methyl sites for hydroxylation is 1. The van der Waals surface area contributed by atoms with Crippen molar-refractivity contribution in [2.75, 3.05) is 11.9 Å². The van der Waals surface area contributed by atoms with Crippen molar-refractivity contribution in [2.24, 2.45) is 0 Å². The van der Waals surface area contributed by atoms with E-state index in [9.17, 15) is 17.6 Å². The van der Waals surface area contributed by atoms with Crippen molar-refractivity contribution in [3.63, 3.8) is 0 Å². The Balaban J connectivity index is 2.13. The Bertz CT molecular complexity index is 671. The molecule has 23 heavy (non-hydrogen) atoms. The number of thiocarbonyl (C=S) groups is 1. The Morgan fingerprint density at radius 3 is 2.61 bits per heavy atom. The number of rotatable bonds is 4. The summed E-state index contributed by atoms with van der Waals surface area (Å²) in [4.78, 5) is 0.909. The summed E-state index contributed by atoms with van der Waals surface area (Å²) in [5.74, 6) is -0.125. The van der Waals surface area contributed by atoms with Crippen LogP contribution in [0.4, 0.5) is 23.2 Å². The van der Waals surface area contributed by atoms with Crippen molar-refractivity contribution in [1.82, 2.24) is 4.90 Å². The quantitative estimate of drug-likeness (QED) is 0.652. The summed E-state index contributed by atoms with van der Waals surface area (Å²) in [7, 11) is 0. The topological polar surface area (TPSA) is 28.4 Å². The van der Waals surface area contributed by atoms with Gasteiger partial charge in [-0.2, -0.15) is 13.2 Å². The average Bonchev–Trinajstić information content (AvgIpc) is 2.93. The van der Waals surface area contributed by atoms with Gasteiger partial charge < -0.3 is 14.6 Å². The zero-order valence-corrected chi connectivity index (χ0v) is 13.0. The van der Waals surface area contributed by atoms with Gasteiger partial charge in [0.2, 0.25) is 0 Å². The molecule has 0 amide bonds. The van der Waals surface area contributed by atoms with Crippen LogP contribution in [0.3, 0.4) is 0 Å². The molecule has 0 radical (unpaired) electrons. The summed E-state index contributed by atoms with van der Waals surface area (Å²) >= 11 is 5.03. The van der Waals surface area contributed by atoms with E-state index in [-0.39, 0.29) is 17.3 Å². The summed E-state index contributed by atoms with van der Waals surface area (Å²) < 4.78 is 56.8. The van der Waals surface area contributed by atoms with Crippen LogP contribution in [0.1, 0.15) is 11.3 Å². The largest absolute Gasteiger partial charge is 0.467 e. The Morgan fingerprint density at radius 2 is 2.04 bits per heavy atom. The van der Waals surface area contributed by atoms with Crippen LogP contribution >= 0.6 is 12.2 Å². The number of anilines is 1. The second-order valence-electron chi connectivity index (χ2n) is 4.94. The van der Waals surface area contributed by atoms with E-state index in [1.165, 1.54) is 18.4 Å². The zero-order chi connectivity index (χ0) is 17.0. The third-order valence-corrected chi connectivity index (χ3v) is 3.37. The van der Waals surface area contributed by atoms with Gasteiger partial charge in [0, 0.05) is 5.69 Å². The molecule has 0 unspecified atom stereocenters. The van der Waals surface area contributed by atoms with Crippen molar-refractivity contribution >= 4 is 23.0 Å². The Labute approximate surface area is 135 Å². The van der Waals surface area contributed by atoms with Crippen LogP contribution in [0.5, 0.6) is 0 Å². The lowest BCUT2D eigenvalue weighted by atomic mass is 10.2. The van der Waals surface area contributed by atoms with E-state index < -0.39 is 18.5 Å². The van der Waals surface area contributed by atoms with E-state index in [0.717, 1.165) is 4.90 Å². The fraction of sp³-hybridized carbons (Fsp3) is 0.267. The number of nitrogens with one attached hydrogen (secondary N) is 1. The molecule has 8 heteroatoms. The van der Waals surface area contributed by atoms with Gasteiger partial charge >= 0.3 is 6.18 Å². The molecule has 0 fully saturated rings. The number of hydrogen-bond donors (Lipinski definition) is 1. The Morgan fingerprint density at radius 1 is 1.30 bits per heavy atom. The molecule has 0 aliphatic carbocycles. The van der Waals surface area contributed by atoms with Gasteiger partial charge in [0.15, 0.2) is 5.11 Å². The summed E-state index contributed by atoms with van der Waals surface area (Å²) in [6.45, 7) is 0.199. The third kappa shape index (κ3) is 5.24. The Kier molecular flexibility index (Phi) is 5.25. The first-order chi connectivity index (χ1) is 10.7. The SMILES string of the molecule is Cc1ccc(NC(=S)N(Cc2ccco2)CC(F)(F)F)cc1F. The zero-order valence-electron chi connectivity index (χ0n) is 12.2. The normalized spacial score (nSPS) is 11.3. The van der Waals surface area contributed by atoms with Gasteiger partial charge in [-0.25, -0.2) is 4.39 Å². The molecule has 0 spiro atoms. The maximum Gasteiger partial charge on any atom is 0.406 e. The summed E-state index contributed by atoms with van der Waals surface area (Å²) in [5, 5.41) is 2.46. The molecule has 1 aromatic carbocycles. The van der Waals surface area contributed by atoms with E-state index in [0.29, 0.717) is 11.3 Å². The number of hydrogen-bond acceptors (Lipinski definition) is 2. The van der Waals surface area contributed by atoms with E-state index in [1.54, 1.807) is 25.1 Å². The number of benzene rings is 1. The highest BCUT2D eigenvalue weighted by atomic mass is 32.1. The first-order valence-corrected chi connectivity index (χ1v) is 7.06. The van der Waals surface area contributed by atoms with Crippen molar-refractivity contribution in [1.29, 1.82) is 0 Å². The van der Waals surface area contributed by atoms with Crippen molar-refractivity contribution < 1.29 is 22.0 Å². The molecule has 2 rings (SSSR count). The molecule has 0 aliphatic heterocycles. The van der Waals surface area contributed by atoms with Gasteiger partial charge in [-0.3, -0.25) is 0 Å². The van der Waals surface area contributed by atoms with Crippen LogP contribution in [0, 0.1) is 12.7 Å². The van der Waals surface area contributed by atoms with E-state index in [4.69, 9.17) is 16.6 Å². The van der Waals surface area contributed by atoms with Gasteiger partial charge in [-0.15, -0.1) is 0 Å². The fourth-order valence-corrected chi connectivity index (χ4v) is 2.13. The highest BCUT2D eigenvalue weighted by Crippen LogP contribution is 2.20. The molecule has 2 aromatic rings. The molecule has 0 saturated carbocycles. The number of furan rings is 1. The first-order valence-electron chi connectivity index (χ1n) is 6.66. The molecular formula is C15H14F4N2OS. The second-order valence-corrected chi connectivity index (χ2v) is 5.33. The van der Waals surface area contributed by atoms with Gasteiger partial charge in [0.1, 0.15) is 18.1 Å². The molecule has 1 aromatic heterocycles. The van der Waals surface area contributed by atoms with E-state index in [1.807, 2.05) is 0 Å². The van der Waals surface area contributed by atoms with Crippen molar-refractivity contribution in [3.05, 3.63) is 53.7 Å². The smallest absolute Gasteiger partial charge is 0.406 e. The monoisotopic (exact) mass is 346 g/mol. The first kappa shape index (κ1) is 17.3. The molecule has 3 nitrogen and oxygen atoms in total. The third-order valence-electron chi connectivity index (χ3n) is 3.01. The standard InChI is InChI=1S/C15H14F4N2OS/c1-10-4-5-11(7-13(10)16)20-14(23)21(9-15(17,18)19)8-12-3-2-6-22-12/h2-7H,8-9H2,1H3,(H,20,23). The second kappa shape index (κ2) is 6.99. The van der Waals surface area contributed by atoms with Gasteiger partial charge in [0.25, 0.3) is 0 Å². The molecule has 0 saturated heterocycles. The summed E-state index contributed by atoms with van der Waals surface area (Å²) in [5.41, 5.74) is 0.717. The molecule has 1 N–H and O–H groups in total. The van der Waals surface area contributed by atoms with Crippen molar-refractivity contribution in [2.45, 2.75) is 19.6 Å². The predicted molar refractivity (Wildman–Crippen MR) is 82.5 cm³/mol. The average molecular weight is 346 g/mol. The minimum atomic E-state index is -4.43. The predicted octanol–water partition coefficient (Wildman–Crippen LogP) is 4.49. The lowest BCUT2D eigenvalue weighted by molar-refractivity contribution is -0.138. The minimum Gasteiger partial charge on any atom is -0.467 e. The van der Waals surface area contributed by atoms with Crippen LogP contribution in [0.15, 0.2) is 41.0 Å². The van der Waals surface area contributed by atoms with Gasteiger partial charge in [-0.05, 0) is 49.0 Å². The minimum absolute atomic E-state index is 0.146. The van der Waals surface area contributed by atoms with Crippen LogP contribution in [0.2, 0.25) is 0 Å². The number of alkyl halides is 3. The molecule has 0 bridgehead atoms. The molecule has 124 valence electrons. The maximum absolute atomic E-state index is 13.5. The van der Waals surface area contributed by atoms with Crippen LogP contribution in [-0.4, -0.2) is 22.7 Å². The van der Waals surface area contributed by atoms with Crippen molar-refractivity contribution in [3.8, 4) is 0 Å². The van der Waals surface area contributed by atoms with Gasteiger partial charge in [0.05, 0.1) is 12.8 Å². The highest BCUT2D eigenvalue weighted by Gasteiger charge is 2.32. The van der Waals surface area contributed by atoms with Crippen LogP contribution < -0.4 is 5.32 Å².